The number of hydrazone groups is 1. The first-order valence-electron chi connectivity index (χ1n) is 9.05. The third-order valence-electron chi connectivity index (χ3n) is 4.83. The minimum Gasteiger partial charge on any atom is -0.273 e. The molecule has 0 atom stereocenters. The summed E-state index contributed by atoms with van der Waals surface area (Å²) in [6.45, 7) is 11.1. The highest BCUT2D eigenvalue weighted by Gasteiger charge is 2.26. The Morgan fingerprint density at radius 2 is 1.96 bits per heavy atom. The molecule has 0 aromatic rings. The van der Waals surface area contributed by atoms with Gasteiger partial charge in [-0.05, 0) is 62.7 Å². The van der Waals surface area contributed by atoms with Crippen LogP contribution in [0.25, 0.3) is 0 Å². The van der Waals surface area contributed by atoms with Gasteiger partial charge in [0, 0.05) is 0 Å². The Hall–Kier alpha value is -2.16. The smallest absolute Gasteiger partial charge is 0.246 e. The van der Waals surface area contributed by atoms with Gasteiger partial charge in [-0.1, -0.05) is 55.4 Å². The molecule has 0 aromatic heterocycles. The second-order valence-corrected chi connectivity index (χ2v) is 7.74. The maximum atomic E-state index is 11.1. The molecular weight excluding hydrogens is 308 g/mol. The largest absolute Gasteiger partial charge is 0.273 e. The van der Waals surface area contributed by atoms with Crippen molar-refractivity contribution in [1.29, 1.82) is 0 Å². The summed E-state index contributed by atoms with van der Waals surface area (Å²) in [5.74, 6) is -0.0425. The Balaban J connectivity index is 1.99. The summed E-state index contributed by atoms with van der Waals surface area (Å²) < 4.78 is 0. The zero-order chi connectivity index (χ0) is 18.4. The van der Waals surface area contributed by atoms with Crippen LogP contribution in [0.2, 0.25) is 0 Å². The van der Waals surface area contributed by atoms with Gasteiger partial charge in [0.1, 0.15) is 0 Å². The molecule has 0 fully saturated rings. The first-order chi connectivity index (χ1) is 11.8. The van der Waals surface area contributed by atoms with Crippen LogP contribution in [0.1, 0.15) is 60.3 Å². The van der Waals surface area contributed by atoms with E-state index in [1.807, 2.05) is 25.2 Å². The molecule has 0 spiro atoms. The van der Waals surface area contributed by atoms with Crippen LogP contribution in [0, 0.1) is 5.41 Å². The summed E-state index contributed by atoms with van der Waals surface area (Å²) in [6.07, 6.45) is 16.8. The van der Waals surface area contributed by atoms with Crippen molar-refractivity contribution in [3.63, 3.8) is 0 Å². The molecule has 0 radical (unpaired) electrons. The quantitative estimate of drug-likeness (QED) is 0.671. The molecule has 1 aliphatic heterocycles. The summed E-state index contributed by atoms with van der Waals surface area (Å²) in [5.41, 5.74) is 8.84. The third kappa shape index (κ3) is 5.70. The van der Waals surface area contributed by atoms with Gasteiger partial charge >= 0.3 is 0 Å². The topological polar surface area (TPSA) is 41.5 Å². The van der Waals surface area contributed by atoms with Gasteiger partial charge in [0.2, 0.25) is 5.91 Å². The van der Waals surface area contributed by atoms with Crippen LogP contribution in [0.4, 0.5) is 0 Å². The Kier molecular flexibility index (Phi) is 6.35. The molecule has 2 aliphatic rings. The predicted octanol–water partition coefficient (Wildman–Crippen LogP) is 5.39. The molecule has 25 heavy (non-hydrogen) atoms. The van der Waals surface area contributed by atoms with Gasteiger partial charge < -0.3 is 0 Å². The highest BCUT2D eigenvalue weighted by atomic mass is 16.2. The van der Waals surface area contributed by atoms with Crippen LogP contribution in [0.15, 0.2) is 63.8 Å². The van der Waals surface area contributed by atoms with Crippen molar-refractivity contribution in [3.8, 4) is 0 Å². The van der Waals surface area contributed by atoms with Gasteiger partial charge in [-0.25, -0.2) is 5.43 Å². The van der Waals surface area contributed by atoms with Gasteiger partial charge in [0.15, 0.2) is 0 Å². The van der Waals surface area contributed by atoms with Crippen molar-refractivity contribution in [2.75, 3.05) is 0 Å². The summed E-state index contributed by atoms with van der Waals surface area (Å²) in [5, 5.41) is 3.98. The van der Waals surface area contributed by atoms with E-state index in [0.717, 1.165) is 11.3 Å². The molecule has 134 valence electrons. The number of hydrogen-bond acceptors (Lipinski definition) is 2. The van der Waals surface area contributed by atoms with E-state index in [4.69, 9.17) is 0 Å². The summed E-state index contributed by atoms with van der Waals surface area (Å²) in [4.78, 5) is 11.1. The predicted molar refractivity (Wildman–Crippen MR) is 106 cm³/mol. The Labute approximate surface area is 152 Å². The number of carbonyl (C=O) groups excluding carboxylic acids is 1. The molecule has 1 aliphatic carbocycles. The minimum absolute atomic E-state index is 0.0425. The lowest BCUT2D eigenvalue weighted by atomic mass is 9.72. The molecule has 0 saturated heterocycles. The molecular formula is C22H30N2O. The third-order valence-corrected chi connectivity index (χ3v) is 4.83. The Morgan fingerprint density at radius 1 is 1.20 bits per heavy atom. The van der Waals surface area contributed by atoms with Crippen LogP contribution in [-0.2, 0) is 4.79 Å². The van der Waals surface area contributed by atoms with Crippen molar-refractivity contribution in [2.24, 2.45) is 10.5 Å². The first-order valence-corrected chi connectivity index (χ1v) is 9.05. The first kappa shape index (κ1) is 19.2. The number of hydrogen-bond donors (Lipinski definition) is 1. The molecule has 1 N–H and O–H groups in total. The fourth-order valence-corrected chi connectivity index (χ4v) is 3.40. The Morgan fingerprint density at radius 3 is 2.60 bits per heavy atom. The fourth-order valence-electron chi connectivity index (χ4n) is 3.40. The van der Waals surface area contributed by atoms with Crippen LogP contribution in [-0.4, -0.2) is 11.6 Å². The van der Waals surface area contributed by atoms with E-state index in [0.29, 0.717) is 6.42 Å². The van der Waals surface area contributed by atoms with Gasteiger partial charge in [0.05, 0.1) is 12.1 Å². The van der Waals surface area contributed by atoms with Crippen molar-refractivity contribution in [3.05, 3.63) is 58.7 Å². The number of rotatable bonds is 5. The van der Waals surface area contributed by atoms with E-state index in [1.165, 1.54) is 36.0 Å². The number of nitrogens with one attached hydrogen (secondary N) is 1. The second-order valence-electron chi connectivity index (χ2n) is 7.74. The van der Waals surface area contributed by atoms with E-state index in [2.05, 4.69) is 56.5 Å². The molecule has 0 unspecified atom stereocenters. The highest BCUT2D eigenvalue weighted by Crippen LogP contribution is 2.40. The van der Waals surface area contributed by atoms with Gasteiger partial charge in [0.25, 0.3) is 0 Å². The van der Waals surface area contributed by atoms with Crippen LogP contribution in [0.5, 0.6) is 0 Å². The number of allylic oxidation sites excluding steroid dienone is 10. The van der Waals surface area contributed by atoms with Gasteiger partial charge in [-0.3, -0.25) is 4.79 Å². The number of carbonyl (C=O) groups is 1. The summed E-state index contributed by atoms with van der Waals surface area (Å²) in [6, 6.07) is 0. The van der Waals surface area contributed by atoms with E-state index in [-0.39, 0.29) is 11.3 Å². The molecule has 0 bridgehead atoms. The zero-order valence-electron chi connectivity index (χ0n) is 16.1. The summed E-state index contributed by atoms with van der Waals surface area (Å²) >= 11 is 0. The zero-order valence-corrected chi connectivity index (χ0v) is 16.1. The maximum Gasteiger partial charge on any atom is 0.246 e. The molecule has 2 rings (SSSR count). The lowest BCUT2D eigenvalue weighted by Gasteiger charge is -2.32. The second kappa shape index (κ2) is 8.28. The van der Waals surface area contributed by atoms with E-state index >= 15 is 0 Å². The molecule has 1 heterocycles. The average Bonchev–Trinajstić information content (AvgIpc) is 2.91. The van der Waals surface area contributed by atoms with Crippen molar-refractivity contribution < 1.29 is 4.79 Å². The standard InChI is InChI=1S/C22H30N2O/c1-16(11-12-20-18(3)10-7-13-22(20,4)5)8-6-9-17(2)14-19-15-21(25)24-23-19/h6,8-9,11-12,14H,7,10,13,15H2,1-5H3,(H,24,25)/b9-6+,12-11+,16-8+,17-14+. The van der Waals surface area contributed by atoms with Crippen molar-refractivity contribution in [2.45, 2.75) is 60.3 Å². The molecule has 1 amide bonds. The highest BCUT2D eigenvalue weighted by molar-refractivity contribution is 6.10. The lowest BCUT2D eigenvalue weighted by molar-refractivity contribution is -0.119. The molecule has 0 aromatic carbocycles. The Bertz CT molecular complexity index is 712. The number of amides is 1. The average molecular weight is 338 g/mol. The van der Waals surface area contributed by atoms with Crippen LogP contribution in [0.3, 0.4) is 0 Å². The SMILES string of the molecule is CC1=C(/C=C/C(C)=C/C=C/C(C)=C/C2=NNC(=O)C2)C(C)(C)CCC1. The fraction of sp³-hybridized carbons (Fsp3) is 0.455. The van der Waals surface area contributed by atoms with Gasteiger partial charge in [-0.2, -0.15) is 5.10 Å². The lowest BCUT2D eigenvalue weighted by Crippen LogP contribution is -2.19. The number of nitrogens with zero attached hydrogens (tertiary/aromatic N) is 1. The van der Waals surface area contributed by atoms with E-state index < -0.39 is 0 Å². The monoisotopic (exact) mass is 338 g/mol. The van der Waals surface area contributed by atoms with Crippen LogP contribution >= 0.6 is 0 Å². The van der Waals surface area contributed by atoms with Crippen molar-refractivity contribution in [1.82, 2.24) is 5.43 Å². The normalized spacial score (nSPS) is 22.1. The maximum absolute atomic E-state index is 11.1. The minimum atomic E-state index is -0.0425. The van der Waals surface area contributed by atoms with Crippen LogP contribution < -0.4 is 5.43 Å². The molecule has 3 heteroatoms. The molecule has 3 nitrogen and oxygen atoms in total. The molecule has 0 saturated carbocycles. The van der Waals surface area contributed by atoms with Crippen molar-refractivity contribution >= 4 is 11.6 Å². The van der Waals surface area contributed by atoms with E-state index in [9.17, 15) is 4.79 Å². The van der Waals surface area contributed by atoms with Gasteiger partial charge in [-0.15, -0.1) is 0 Å². The van der Waals surface area contributed by atoms with E-state index in [1.54, 1.807) is 0 Å². The summed E-state index contributed by atoms with van der Waals surface area (Å²) in [7, 11) is 0.